The smallest absolute Gasteiger partial charge is 0.328 e. The van der Waals surface area contributed by atoms with Crippen molar-refractivity contribution in [3.05, 3.63) is 28.8 Å². The molecule has 0 bridgehead atoms. The highest BCUT2D eigenvalue weighted by Crippen LogP contribution is 2.24. The Morgan fingerprint density at radius 3 is 2.25 bits per heavy atom. The molecule has 1 rings (SSSR count). The topological polar surface area (TPSA) is 64.6 Å². The van der Waals surface area contributed by atoms with Crippen LogP contribution >= 0.6 is 0 Å². The molecule has 0 heterocycles. The van der Waals surface area contributed by atoms with Gasteiger partial charge in [0.2, 0.25) is 0 Å². The monoisotopic (exact) mass is 279 g/mol. The quantitative estimate of drug-likeness (QED) is 0.833. The van der Waals surface area contributed by atoms with Crippen LogP contribution in [0.15, 0.2) is 12.1 Å². The number of carbonyl (C=O) groups is 2. The molecule has 1 aromatic rings. The Kier molecular flexibility index (Phi) is 5.55. The fourth-order valence-corrected chi connectivity index (χ4v) is 2.05. The zero-order chi connectivity index (χ0) is 15.3. The van der Waals surface area contributed by atoms with E-state index in [0.717, 1.165) is 16.7 Å². The van der Waals surface area contributed by atoms with Gasteiger partial charge in [0.05, 0.1) is 7.11 Å². The van der Waals surface area contributed by atoms with Gasteiger partial charge in [-0.1, -0.05) is 17.7 Å². The standard InChI is InChI=1S/C15H21NO4/c1-9-6-10(2)14(11(3)7-9)20-8-13(17)16-12(4)15(18)19-5/h6-7,12H,8H2,1-5H3,(H,16,17). The summed E-state index contributed by atoms with van der Waals surface area (Å²) < 4.78 is 10.1. The first kappa shape index (κ1) is 16.0. The van der Waals surface area contributed by atoms with Crippen molar-refractivity contribution in [3.63, 3.8) is 0 Å². The fraction of sp³-hybridized carbons (Fsp3) is 0.467. The highest BCUT2D eigenvalue weighted by molar-refractivity contribution is 5.84. The van der Waals surface area contributed by atoms with Crippen LogP contribution in [-0.4, -0.2) is 31.6 Å². The summed E-state index contributed by atoms with van der Waals surface area (Å²) in [5.74, 6) is -0.139. The summed E-state index contributed by atoms with van der Waals surface area (Å²) in [4.78, 5) is 22.9. The molecule has 0 fully saturated rings. The predicted octanol–water partition coefficient (Wildman–Crippen LogP) is 1.67. The van der Waals surface area contributed by atoms with Crippen LogP contribution in [0.2, 0.25) is 0 Å². The first-order valence-corrected chi connectivity index (χ1v) is 6.43. The van der Waals surface area contributed by atoms with Gasteiger partial charge >= 0.3 is 5.97 Å². The highest BCUT2D eigenvalue weighted by atomic mass is 16.5. The van der Waals surface area contributed by atoms with Gasteiger partial charge in [-0.2, -0.15) is 0 Å². The van der Waals surface area contributed by atoms with Gasteiger partial charge in [0.25, 0.3) is 5.91 Å². The first-order chi connectivity index (χ1) is 9.35. The molecule has 0 aliphatic carbocycles. The van der Waals surface area contributed by atoms with E-state index in [-0.39, 0.29) is 12.5 Å². The molecule has 1 aromatic carbocycles. The number of esters is 1. The van der Waals surface area contributed by atoms with E-state index in [0.29, 0.717) is 5.75 Å². The van der Waals surface area contributed by atoms with Gasteiger partial charge in [0.1, 0.15) is 11.8 Å². The molecule has 1 amide bonds. The van der Waals surface area contributed by atoms with Crippen molar-refractivity contribution in [2.75, 3.05) is 13.7 Å². The average molecular weight is 279 g/mol. The molecule has 1 unspecified atom stereocenters. The Bertz CT molecular complexity index is 488. The van der Waals surface area contributed by atoms with Crippen molar-refractivity contribution in [1.82, 2.24) is 5.32 Å². The lowest BCUT2D eigenvalue weighted by Crippen LogP contribution is -2.41. The number of ether oxygens (including phenoxy) is 2. The maximum absolute atomic E-state index is 11.7. The van der Waals surface area contributed by atoms with Crippen LogP contribution in [0.25, 0.3) is 0 Å². The zero-order valence-electron chi connectivity index (χ0n) is 12.6. The number of aryl methyl sites for hydroxylation is 3. The lowest BCUT2D eigenvalue weighted by atomic mass is 10.1. The van der Waals surface area contributed by atoms with Crippen LogP contribution in [-0.2, 0) is 14.3 Å². The maximum atomic E-state index is 11.7. The third-order valence-electron chi connectivity index (χ3n) is 2.88. The van der Waals surface area contributed by atoms with Gasteiger partial charge in [-0.3, -0.25) is 4.79 Å². The Labute approximate surface area is 119 Å². The van der Waals surface area contributed by atoms with E-state index in [2.05, 4.69) is 10.1 Å². The predicted molar refractivity (Wildman–Crippen MR) is 75.8 cm³/mol. The van der Waals surface area contributed by atoms with Gasteiger partial charge in [-0.05, 0) is 38.8 Å². The summed E-state index contributed by atoms with van der Waals surface area (Å²) in [5.41, 5.74) is 3.11. The summed E-state index contributed by atoms with van der Waals surface area (Å²) in [6.07, 6.45) is 0. The molecular weight excluding hydrogens is 258 g/mol. The van der Waals surface area contributed by atoms with Crippen LogP contribution < -0.4 is 10.1 Å². The second-order valence-corrected chi connectivity index (χ2v) is 4.83. The number of hydrogen-bond donors (Lipinski definition) is 1. The van der Waals surface area contributed by atoms with Gasteiger partial charge in [-0.25, -0.2) is 4.79 Å². The van der Waals surface area contributed by atoms with Gasteiger partial charge in [0, 0.05) is 0 Å². The Hall–Kier alpha value is -2.04. The lowest BCUT2D eigenvalue weighted by molar-refractivity contribution is -0.144. The maximum Gasteiger partial charge on any atom is 0.328 e. The molecule has 0 aliphatic rings. The molecule has 5 heteroatoms. The molecule has 0 saturated carbocycles. The Morgan fingerprint density at radius 2 is 1.75 bits per heavy atom. The summed E-state index contributed by atoms with van der Waals surface area (Å²) in [5, 5.41) is 2.51. The van der Waals surface area contributed by atoms with E-state index in [1.165, 1.54) is 7.11 Å². The van der Waals surface area contributed by atoms with Crippen molar-refractivity contribution in [2.24, 2.45) is 0 Å². The number of amides is 1. The van der Waals surface area contributed by atoms with Gasteiger partial charge in [0.15, 0.2) is 6.61 Å². The molecule has 1 atom stereocenters. The fourth-order valence-electron chi connectivity index (χ4n) is 2.05. The van der Waals surface area contributed by atoms with E-state index in [9.17, 15) is 9.59 Å². The van der Waals surface area contributed by atoms with E-state index in [4.69, 9.17) is 4.74 Å². The molecule has 0 saturated heterocycles. The summed E-state index contributed by atoms with van der Waals surface area (Å²) in [6.45, 7) is 7.31. The second-order valence-electron chi connectivity index (χ2n) is 4.83. The third-order valence-corrected chi connectivity index (χ3v) is 2.88. The third kappa shape index (κ3) is 4.26. The van der Waals surface area contributed by atoms with E-state index in [1.807, 2.05) is 32.9 Å². The number of benzene rings is 1. The Morgan fingerprint density at radius 1 is 1.20 bits per heavy atom. The van der Waals surface area contributed by atoms with Gasteiger partial charge < -0.3 is 14.8 Å². The van der Waals surface area contributed by atoms with Crippen LogP contribution in [0, 0.1) is 20.8 Å². The summed E-state index contributed by atoms with van der Waals surface area (Å²) in [6, 6.07) is 3.31. The molecule has 20 heavy (non-hydrogen) atoms. The van der Waals surface area contributed by atoms with Crippen LogP contribution in [0.4, 0.5) is 0 Å². The number of hydrogen-bond acceptors (Lipinski definition) is 4. The van der Waals surface area contributed by atoms with E-state index in [1.54, 1.807) is 6.92 Å². The van der Waals surface area contributed by atoms with Crippen LogP contribution in [0.1, 0.15) is 23.6 Å². The first-order valence-electron chi connectivity index (χ1n) is 6.43. The molecule has 0 radical (unpaired) electrons. The summed E-state index contributed by atoms with van der Waals surface area (Å²) >= 11 is 0. The van der Waals surface area contributed by atoms with E-state index < -0.39 is 12.0 Å². The van der Waals surface area contributed by atoms with Crippen molar-refractivity contribution in [1.29, 1.82) is 0 Å². The largest absolute Gasteiger partial charge is 0.483 e. The minimum absolute atomic E-state index is 0.133. The number of nitrogens with one attached hydrogen (secondary N) is 1. The molecule has 0 spiro atoms. The lowest BCUT2D eigenvalue weighted by Gasteiger charge is -2.15. The van der Waals surface area contributed by atoms with Crippen LogP contribution in [0.5, 0.6) is 5.75 Å². The van der Waals surface area contributed by atoms with Crippen molar-refractivity contribution in [3.8, 4) is 5.75 Å². The Balaban J connectivity index is 2.60. The molecular formula is C15H21NO4. The minimum atomic E-state index is -0.684. The van der Waals surface area contributed by atoms with Gasteiger partial charge in [-0.15, -0.1) is 0 Å². The van der Waals surface area contributed by atoms with Crippen molar-refractivity contribution in [2.45, 2.75) is 33.7 Å². The molecule has 0 aromatic heterocycles. The highest BCUT2D eigenvalue weighted by Gasteiger charge is 2.16. The van der Waals surface area contributed by atoms with Crippen LogP contribution in [0.3, 0.4) is 0 Å². The molecule has 110 valence electrons. The SMILES string of the molecule is COC(=O)C(C)NC(=O)COc1c(C)cc(C)cc1C. The number of methoxy groups -OCH3 is 1. The number of rotatable bonds is 5. The second kappa shape index (κ2) is 6.93. The average Bonchev–Trinajstić information content (AvgIpc) is 2.36. The normalized spacial score (nSPS) is 11.7. The summed E-state index contributed by atoms with van der Waals surface area (Å²) in [7, 11) is 1.28. The van der Waals surface area contributed by atoms with Crippen molar-refractivity contribution >= 4 is 11.9 Å². The molecule has 1 N–H and O–H groups in total. The zero-order valence-corrected chi connectivity index (χ0v) is 12.6. The van der Waals surface area contributed by atoms with E-state index >= 15 is 0 Å². The van der Waals surface area contributed by atoms with Crippen molar-refractivity contribution < 1.29 is 19.1 Å². The number of carbonyl (C=O) groups excluding carboxylic acids is 2. The molecule has 0 aliphatic heterocycles. The minimum Gasteiger partial charge on any atom is -0.483 e. The molecule has 5 nitrogen and oxygen atoms in total.